The number of thioether (sulfide) groups is 1. The first-order valence-electron chi connectivity index (χ1n) is 12.1. The quantitative estimate of drug-likeness (QED) is 0.0829. The molecule has 1 saturated heterocycles. The summed E-state index contributed by atoms with van der Waals surface area (Å²) in [6.07, 6.45) is 2.99. The number of carbonyl (C=O) groups is 2. The number of methoxy groups -OCH3 is 1. The predicted octanol–water partition coefficient (Wildman–Crippen LogP) is 5.91. The van der Waals surface area contributed by atoms with Gasteiger partial charge in [0.2, 0.25) is 5.13 Å². The first-order chi connectivity index (χ1) is 19.4. The van der Waals surface area contributed by atoms with Crippen LogP contribution in [0.25, 0.3) is 5.76 Å². The van der Waals surface area contributed by atoms with E-state index < -0.39 is 17.7 Å². The van der Waals surface area contributed by atoms with Gasteiger partial charge in [0.05, 0.1) is 25.3 Å². The SMILES string of the molecule is CCOc1ccc(C2/C(=C(\O)c3ccncc3)C(=O)C(=O)N2c2nnc(SCc3ccccc3Cl)s2)cc1OC. The third-order valence-corrected chi connectivity index (χ3v) is 8.59. The zero-order valence-corrected chi connectivity index (χ0v) is 23.8. The number of anilines is 1. The average molecular weight is 595 g/mol. The Kier molecular flexibility index (Phi) is 8.34. The van der Waals surface area contributed by atoms with Gasteiger partial charge in [-0.15, -0.1) is 10.2 Å². The van der Waals surface area contributed by atoms with Gasteiger partial charge in [0.25, 0.3) is 5.78 Å². The van der Waals surface area contributed by atoms with Crippen LogP contribution in [0.4, 0.5) is 5.13 Å². The maximum atomic E-state index is 13.5. The number of ether oxygens (including phenoxy) is 2. The van der Waals surface area contributed by atoms with Gasteiger partial charge in [-0.05, 0) is 48.4 Å². The Labute approximate surface area is 243 Å². The molecule has 0 aliphatic carbocycles. The summed E-state index contributed by atoms with van der Waals surface area (Å²) < 4.78 is 11.8. The smallest absolute Gasteiger partial charge is 0.301 e. The van der Waals surface area contributed by atoms with Crippen LogP contribution in [0.2, 0.25) is 5.02 Å². The summed E-state index contributed by atoms with van der Waals surface area (Å²) in [7, 11) is 1.50. The largest absolute Gasteiger partial charge is 0.507 e. The summed E-state index contributed by atoms with van der Waals surface area (Å²) in [5, 5.41) is 20.6. The van der Waals surface area contributed by atoms with E-state index in [0.29, 0.717) is 44.3 Å². The van der Waals surface area contributed by atoms with Gasteiger partial charge in [-0.2, -0.15) is 0 Å². The Balaban J connectivity index is 1.57. The summed E-state index contributed by atoms with van der Waals surface area (Å²) >= 11 is 8.87. The minimum atomic E-state index is -0.993. The van der Waals surface area contributed by atoms with Crippen LogP contribution in [0.1, 0.15) is 29.7 Å². The standard InChI is InChI=1S/C28H23ClN4O5S2/c1-3-38-20-9-8-17(14-21(20)37-2)23-22(24(34)16-10-12-30-13-11-16)25(35)26(36)33(23)27-31-32-28(40-27)39-15-18-6-4-5-7-19(18)29/h4-14,23,34H,3,15H2,1-2H3/b24-22+. The van der Waals surface area contributed by atoms with Crippen LogP contribution in [-0.2, 0) is 15.3 Å². The second-order valence-electron chi connectivity index (χ2n) is 8.48. The number of halogens is 1. The van der Waals surface area contributed by atoms with Crippen LogP contribution in [0.15, 0.2) is 76.9 Å². The number of benzene rings is 2. The molecule has 0 spiro atoms. The van der Waals surface area contributed by atoms with Crippen molar-refractivity contribution in [2.45, 2.75) is 23.1 Å². The molecule has 2 aromatic heterocycles. The number of amides is 1. The molecule has 5 rings (SSSR count). The van der Waals surface area contributed by atoms with E-state index in [1.54, 1.807) is 30.3 Å². The van der Waals surface area contributed by atoms with E-state index in [-0.39, 0.29) is 16.5 Å². The van der Waals surface area contributed by atoms with Crippen molar-refractivity contribution < 1.29 is 24.2 Å². The van der Waals surface area contributed by atoms with Crippen molar-refractivity contribution in [2.24, 2.45) is 0 Å². The maximum Gasteiger partial charge on any atom is 0.301 e. The van der Waals surface area contributed by atoms with Crippen LogP contribution in [0, 0.1) is 0 Å². The first kappa shape index (κ1) is 27.6. The fraction of sp³-hybridized carbons (Fsp3) is 0.179. The van der Waals surface area contributed by atoms with Crippen LogP contribution < -0.4 is 14.4 Å². The van der Waals surface area contributed by atoms with Gasteiger partial charge in [0.1, 0.15) is 5.76 Å². The molecule has 0 radical (unpaired) electrons. The minimum Gasteiger partial charge on any atom is -0.507 e. The highest BCUT2D eigenvalue weighted by Crippen LogP contribution is 2.45. The van der Waals surface area contributed by atoms with Gasteiger partial charge in [0.15, 0.2) is 15.8 Å². The molecule has 12 heteroatoms. The number of hydrogen-bond acceptors (Lipinski definition) is 10. The van der Waals surface area contributed by atoms with Crippen molar-refractivity contribution in [1.29, 1.82) is 0 Å². The van der Waals surface area contributed by atoms with E-state index in [0.717, 1.165) is 5.56 Å². The third-order valence-electron chi connectivity index (χ3n) is 6.11. The normalized spacial score (nSPS) is 16.4. The zero-order valence-electron chi connectivity index (χ0n) is 21.4. The minimum absolute atomic E-state index is 0.0807. The molecule has 0 saturated carbocycles. The molecule has 40 heavy (non-hydrogen) atoms. The summed E-state index contributed by atoms with van der Waals surface area (Å²) in [4.78, 5) is 32.1. The number of aromatic nitrogens is 3. The van der Waals surface area contributed by atoms with Crippen molar-refractivity contribution in [1.82, 2.24) is 15.2 Å². The Hall–Kier alpha value is -3.93. The highest BCUT2D eigenvalue weighted by Gasteiger charge is 2.48. The third kappa shape index (κ3) is 5.40. The Bertz CT molecular complexity index is 1590. The molecule has 204 valence electrons. The fourth-order valence-corrected chi connectivity index (χ4v) is 6.41. The summed E-state index contributed by atoms with van der Waals surface area (Å²) in [5.74, 6) is -0.510. The lowest BCUT2D eigenvalue weighted by Crippen LogP contribution is -2.29. The van der Waals surface area contributed by atoms with Crippen LogP contribution in [-0.4, -0.2) is 45.7 Å². The number of aliphatic hydroxyl groups excluding tert-OH is 1. The number of pyridine rings is 1. The molecule has 3 heterocycles. The highest BCUT2D eigenvalue weighted by atomic mass is 35.5. The molecule has 4 aromatic rings. The van der Waals surface area contributed by atoms with Crippen molar-refractivity contribution in [3.05, 3.63) is 94.3 Å². The monoisotopic (exact) mass is 594 g/mol. The molecule has 2 aromatic carbocycles. The van der Waals surface area contributed by atoms with Gasteiger partial charge < -0.3 is 14.6 Å². The summed E-state index contributed by atoms with van der Waals surface area (Å²) in [6.45, 7) is 2.28. The van der Waals surface area contributed by atoms with Crippen LogP contribution in [0.3, 0.4) is 0 Å². The summed E-state index contributed by atoms with van der Waals surface area (Å²) in [6, 6.07) is 14.7. The maximum absolute atomic E-state index is 13.5. The van der Waals surface area contributed by atoms with E-state index in [1.165, 1.54) is 47.5 Å². The lowest BCUT2D eigenvalue weighted by molar-refractivity contribution is -0.132. The number of rotatable bonds is 9. The van der Waals surface area contributed by atoms with E-state index in [9.17, 15) is 14.7 Å². The molecule has 1 amide bonds. The van der Waals surface area contributed by atoms with Gasteiger partial charge in [-0.3, -0.25) is 19.5 Å². The Morgan fingerprint density at radius 1 is 1.10 bits per heavy atom. The molecule has 1 fully saturated rings. The fourth-order valence-electron chi connectivity index (χ4n) is 4.25. The number of aliphatic hydroxyl groups is 1. The lowest BCUT2D eigenvalue weighted by atomic mass is 9.95. The van der Waals surface area contributed by atoms with Gasteiger partial charge in [-0.1, -0.05) is 59.0 Å². The van der Waals surface area contributed by atoms with Gasteiger partial charge in [0, 0.05) is 28.7 Å². The second-order valence-corrected chi connectivity index (χ2v) is 11.1. The number of nitrogens with zero attached hydrogens (tertiary/aromatic N) is 4. The second kappa shape index (κ2) is 12.1. The number of hydrogen-bond donors (Lipinski definition) is 1. The van der Waals surface area contributed by atoms with Crippen LogP contribution in [0.5, 0.6) is 11.5 Å². The average Bonchev–Trinajstić information content (AvgIpc) is 3.55. The molecule has 1 aliphatic rings. The number of Topliss-reactive ketones (excluding diaryl/α,β-unsaturated/α-hetero) is 1. The molecule has 1 aliphatic heterocycles. The molecule has 1 atom stereocenters. The summed E-state index contributed by atoms with van der Waals surface area (Å²) in [5.41, 5.74) is 1.73. The first-order valence-corrected chi connectivity index (χ1v) is 14.3. The highest BCUT2D eigenvalue weighted by molar-refractivity contribution is 8.00. The molecule has 1 N–H and O–H groups in total. The van der Waals surface area contributed by atoms with E-state index in [2.05, 4.69) is 15.2 Å². The number of carbonyl (C=O) groups excluding carboxylic acids is 2. The van der Waals surface area contributed by atoms with E-state index >= 15 is 0 Å². The molecule has 9 nitrogen and oxygen atoms in total. The molecule has 0 bridgehead atoms. The van der Waals surface area contributed by atoms with Gasteiger partial charge >= 0.3 is 5.91 Å². The van der Waals surface area contributed by atoms with Crippen molar-refractivity contribution in [3.63, 3.8) is 0 Å². The van der Waals surface area contributed by atoms with Crippen molar-refractivity contribution in [3.8, 4) is 11.5 Å². The van der Waals surface area contributed by atoms with E-state index in [4.69, 9.17) is 21.1 Å². The number of ketones is 1. The molecular formula is C28H23ClN4O5S2. The molecule has 1 unspecified atom stereocenters. The Morgan fingerprint density at radius 3 is 2.60 bits per heavy atom. The topological polar surface area (TPSA) is 115 Å². The van der Waals surface area contributed by atoms with Crippen molar-refractivity contribution in [2.75, 3.05) is 18.6 Å². The van der Waals surface area contributed by atoms with Gasteiger partial charge in [-0.25, -0.2) is 0 Å². The van der Waals surface area contributed by atoms with Crippen LogP contribution >= 0.6 is 34.7 Å². The molecular weight excluding hydrogens is 572 g/mol. The lowest BCUT2D eigenvalue weighted by Gasteiger charge is -2.23. The zero-order chi connectivity index (χ0) is 28.2. The van der Waals surface area contributed by atoms with Crippen molar-refractivity contribution >= 4 is 57.3 Å². The predicted molar refractivity (Wildman–Crippen MR) is 154 cm³/mol. The Morgan fingerprint density at radius 2 is 1.88 bits per heavy atom. The van der Waals surface area contributed by atoms with E-state index in [1.807, 2.05) is 31.2 Å².